The molecule has 0 aliphatic heterocycles. The van der Waals surface area contributed by atoms with E-state index in [-0.39, 0.29) is 11.4 Å². The largest absolute Gasteiger partial charge is 0.414 e. The molecule has 0 aromatic heterocycles. The first-order valence-electron chi connectivity index (χ1n) is 5.63. The van der Waals surface area contributed by atoms with E-state index >= 15 is 0 Å². The molecule has 1 nitrogen and oxygen atoms in total. The zero-order valence-corrected chi connectivity index (χ0v) is 10.9. The van der Waals surface area contributed by atoms with Gasteiger partial charge in [0.1, 0.15) is 5.82 Å². The van der Waals surface area contributed by atoms with Gasteiger partial charge in [0, 0.05) is 5.60 Å². The number of hydrogen-bond acceptors (Lipinski definition) is 1. The van der Waals surface area contributed by atoms with Gasteiger partial charge in [-0.05, 0) is 50.8 Å². The minimum Gasteiger partial charge on any atom is -0.414 e. The summed E-state index contributed by atoms with van der Waals surface area (Å²) < 4.78 is 18.0. The minimum absolute atomic E-state index is 0.126. The topological polar surface area (TPSA) is 9.23 Å². The monoisotopic (exact) mass is 237 g/mol. The normalized spacial score (nSPS) is 11.8. The third kappa shape index (κ3) is 4.90. The summed E-state index contributed by atoms with van der Waals surface area (Å²) in [5.74, 6) is -0.152. The first-order chi connectivity index (χ1) is 7.53. The van der Waals surface area contributed by atoms with E-state index in [2.05, 4.69) is 10.5 Å². The van der Waals surface area contributed by atoms with Crippen LogP contribution in [0.3, 0.4) is 0 Å². The van der Waals surface area contributed by atoms with Crippen LogP contribution < -0.4 is 0 Å². The fourth-order valence-electron chi connectivity index (χ4n) is 1.62. The maximum absolute atomic E-state index is 12.9. The van der Waals surface area contributed by atoms with Crippen molar-refractivity contribution < 1.29 is 8.82 Å². The molecule has 0 N–H and O–H groups in total. The summed E-state index contributed by atoms with van der Waals surface area (Å²) in [7, 11) is 3.08. The second-order valence-corrected chi connectivity index (χ2v) is 4.90. The van der Waals surface area contributed by atoms with E-state index < -0.39 is 0 Å². The SMILES string of the molecule is CC(C)(CCCCc1cccc(F)c1)O[Si]. The van der Waals surface area contributed by atoms with Crippen molar-refractivity contribution >= 4 is 10.5 Å². The predicted molar refractivity (Wildman–Crippen MR) is 64.9 cm³/mol. The Balaban J connectivity index is 2.26. The molecule has 0 fully saturated rings. The average molecular weight is 237 g/mol. The van der Waals surface area contributed by atoms with Crippen molar-refractivity contribution in [1.82, 2.24) is 0 Å². The molecule has 0 aliphatic carbocycles. The van der Waals surface area contributed by atoms with Crippen LogP contribution in [-0.2, 0) is 10.8 Å². The summed E-state index contributed by atoms with van der Waals surface area (Å²) >= 11 is 0. The molecular formula is C13H18FOSi. The van der Waals surface area contributed by atoms with Crippen molar-refractivity contribution in [3.8, 4) is 0 Å². The van der Waals surface area contributed by atoms with Gasteiger partial charge in [-0.3, -0.25) is 0 Å². The molecule has 16 heavy (non-hydrogen) atoms. The highest BCUT2D eigenvalue weighted by Gasteiger charge is 2.14. The molecule has 3 heteroatoms. The Morgan fingerprint density at radius 1 is 1.31 bits per heavy atom. The number of rotatable bonds is 6. The van der Waals surface area contributed by atoms with Gasteiger partial charge < -0.3 is 4.43 Å². The van der Waals surface area contributed by atoms with Gasteiger partial charge >= 0.3 is 0 Å². The lowest BCUT2D eigenvalue weighted by atomic mass is 9.99. The van der Waals surface area contributed by atoms with Crippen molar-refractivity contribution in [1.29, 1.82) is 0 Å². The fraction of sp³-hybridized carbons (Fsp3) is 0.538. The van der Waals surface area contributed by atoms with E-state index in [1.165, 1.54) is 6.07 Å². The molecule has 0 saturated heterocycles. The summed E-state index contributed by atoms with van der Waals surface area (Å²) in [4.78, 5) is 0. The Hall–Kier alpha value is -0.673. The quantitative estimate of drug-likeness (QED) is 0.544. The van der Waals surface area contributed by atoms with Crippen molar-refractivity contribution in [3.05, 3.63) is 35.6 Å². The van der Waals surface area contributed by atoms with E-state index in [4.69, 9.17) is 4.43 Å². The van der Waals surface area contributed by atoms with Crippen LogP contribution in [0.15, 0.2) is 24.3 Å². The Labute approximate surface area is 101 Å². The summed E-state index contributed by atoms with van der Waals surface area (Å²) in [6.07, 6.45) is 4.05. The lowest BCUT2D eigenvalue weighted by Crippen LogP contribution is -2.22. The minimum atomic E-state index is -0.152. The number of aryl methyl sites for hydroxylation is 1. The molecule has 0 aliphatic rings. The lowest BCUT2D eigenvalue weighted by Gasteiger charge is -2.22. The van der Waals surface area contributed by atoms with Crippen LogP contribution in [0, 0.1) is 5.82 Å². The molecule has 0 unspecified atom stereocenters. The Morgan fingerprint density at radius 2 is 2.06 bits per heavy atom. The van der Waals surface area contributed by atoms with Crippen LogP contribution in [0.5, 0.6) is 0 Å². The van der Waals surface area contributed by atoms with Gasteiger partial charge in [0.15, 0.2) is 0 Å². The number of unbranched alkanes of at least 4 members (excludes halogenated alkanes) is 1. The van der Waals surface area contributed by atoms with Crippen molar-refractivity contribution in [2.45, 2.75) is 45.1 Å². The van der Waals surface area contributed by atoms with Crippen LogP contribution in [-0.4, -0.2) is 16.1 Å². The molecule has 0 bridgehead atoms. The van der Waals surface area contributed by atoms with Gasteiger partial charge in [-0.1, -0.05) is 18.6 Å². The Morgan fingerprint density at radius 3 is 2.69 bits per heavy atom. The number of halogens is 1. The molecule has 0 saturated carbocycles. The second kappa shape index (κ2) is 6.16. The first-order valence-corrected chi connectivity index (χ1v) is 6.03. The van der Waals surface area contributed by atoms with Gasteiger partial charge in [-0.25, -0.2) is 4.39 Å². The highest BCUT2D eigenvalue weighted by Crippen LogP contribution is 2.17. The summed E-state index contributed by atoms with van der Waals surface area (Å²) in [5.41, 5.74) is 0.941. The van der Waals surface area contributed by atoms with Gasteiger partial charge in [0.25, 0.3) is 0 Å². The summed E-state index contributed by atoms with van der Waals surface area (Å²) in [6, 6.07) is 6.81. The van der Waals surface area contributed by atoms with Crippen molar-refractivity contribution in [2.75, 3.05) is 0 Å². The summed E-state index contributed by atoms with van der Waals surface area (Å²) in [6.45, 7) is 4.09. The second-order valence-electron chi connectivity index (χ2n) is 4.70. The van der Waals surface area contributed by atoms with Gasteiger partial charge in [-0.2, -0.15) is 0 Å². The lowest BCUT2D eigenvalue weighted by molar-refractivity contribution is 0.109. The Bertz CT molecular complexity index is 325. The predicted octanol–water partition coefficient (Wildman–Crippen LogP) is 3.42. The third-order valence-electron chi connectivity index (χ3n) is 2.66. The molecule has 3 radical (unpaired) electrons. The molecule has 87 valence electrons. The Kier molecular flexibility index (Phi) is 5.15. The van der Waals surface area contributed by atoms with E-state index in [0.717, 1.165) is 31.2 Å². The fourth-order valence-corrected chi connectivity index (χ4v) is 1.73. The first kappa shape index (κ1) is 13.4. The van der Waals surface area contributed by atoms with E-state index in [1.54, 1.807) is 12.1 Å². The van der Waals surface area contributed by atoms with Crippen LogP contribution in [0.1, 0.15) is 38.7 Å². The van der Waals surface area contributed by atoms with E-state index in [1.807, 2.05) is 19.9 Å². The van der Waals surface area contributed by atoms with Crippen LogP contribution in [0.25, 0.3) is 0 Å². The smallest absolute Gasteiger partial charge is 0.246 e. The molecule has 0 amide bonds. The van der Waals surface area contributed by atoms with Crippen LogP contribution >= 0.6 is 0 Å². The van der Waals surface area contributed by atoms with Crippen molar-refractivity contribution in [3.63, 3.8) is 0 Å². The van der Waals surface area contributed by atoms with Gasteiger partial charge in [-0.15, -0.1) is 0 Å². The zero-order chi connectivity index (χ0) is 12.0. The number of hydrogen-bond donors (Lipinski definition) is 0. The van der Waals surface area contributed by atoms with E-state index in [0.29, 0.717) is 0 Å². The molecule has 0 spiro atoms. The standard InChI is InChI=1S/C13H18FOSi/c1-13(2,15-16)9-4-3-6-11-7-5-8-12(14)10-11/h5,7-8,10H,3-4,6,9H2,1-2H3. The molecule has 1 aromatic carbocycles. The maximum atomic E-state index is 12.9. The molecular weight excluding hydrogens is 219 g/mol. The molecule has 0 atom stereocenters. The van der Waals surface area contributed by atoms with Crippen molar-refractivity contribution in [2.24, 2.45) is 0 Å². The van der Waals surface area contributed by atoms with Gasteiger partial charge in [0.2, 0.25) is 10.5 Å². The molecule has 0 heterocycles. The number of benzene rings is 1. The third-order valence-corrected chi connectivity index (χ3v) is 3.21. The average Bonchev–Trinajstić information content (AvgIpc) is 2.25. The highest BCUT2D eigenvalue weighted by atomic mass is 28.2. The summed E-state index contributed by atoms with van der Waals surface area (Å²) in [5, 5.41) is 0. The zero-order valence-electron chi connectivity index (χ0n) is 9.92. The molecule has 1 rings (SSSR count). The molecule has 1 aromatic rings. The highest BCUT2D eigenvalue weighted by molar-refractivity contribution is 5.98. The van der Waals surface area contributed by atoms with Gasteiger partial charge in [0.05, 0.1) is 0 Å². The maximum Gasteiger partial charge on any atom is 0.246 e. The van der Waals surface area contributed by atoms with Crippen LogP contribution in [0.2, 0.25) is 0 Å². The van der Waals surface area contributed by atoms with E-state index in [9.17, 15) is 4.39 Å². The van der Waals surface area contributed by atoms with Crippen LogP contribution in [0.4, 0.5) is 4.39 Å².